The van der Waals surface area contributed by atoms with Gasteiger partial charge < -0.3 is 28.8 Å². The van der Waals surface area contributed by atoms with Crippen molar-refractivity contribution in [1.82, 2.24) is 0 Å². The van der Waals surface area contributed by atoms with Crippen LogP contribution in [0.15, 0.2) is 121 Å². The number of ether oxygens (including phenoxy) is 5. The first-order chi connectivity index (χ1) is 20.1. The van der Waals surface area contributed by atoms with E-state index in [1.54, 1.807) is 0 Å². The molecular formula is C35H38O6. The van der Waals surface area contributed by atoms with Crippen molar-refractivity contribution in [2.24, 2.45) is 0 Å². The molecule has 0 radical (unpaired) electrons. The third kappa shape index (κ3) is 7.89. The smallest absolute Gasteiger partial charge is 0.195 e. The van der Waals surface area contributed by atoms with Crippen molar-refractivity contribution in [2.75, 3.05) is 6.61 Å². The molecule has 0 amide bonds. The van der Waals surface area contributed by atoms with E-state index in [1.807, 2.05) is 128 Å². The van der Waals surface area contributed by atoms with Gasteiger partial charge >= 0.3 is 0 Å². The maximum absolute atomic E-state index is 10.5. The molecule has 6 nitrogen and oxygen atoms in total. The first-order valence-electron chi connectivity index (χ1n) is 14.1. The highest BCUT2D eigenvalue weighted by Crippen LogP contribution is 2.38. The molecule has 0 aliphatic carbocycles. The third-order valence-electron chi connectivity index (χ3n) is 7.28. The molecule has 41 heavy (non-hydrogen) atoms. The molecule has 5 rings (SSSR count). The van der Waals surface area contributed by atoms with Crippen LogP contribution in [0, 0.1) is 0 Å². The lowest BCUT2D eigenvalue weighted by Crippen LogP contribution is -2.66. The van der Waals surface area contributed by atoms with Gasteiger partial charge in [-0.15, -0.1) is 0 Å². The molecule has 0 saturated carbocycles. The van der Waals surface area contributed by atoms with E-state index in [0.717, 1.165) is 22.3 Å². The van der Waals surface area contributed by atoms with Crippen LogP contribution in [-0.4, -0.2) is 41.9 Å². The molecule has 214 valence electrons. The lowest BCUT2D eigenvalue weighted by Gasteiger charge is -2.50. The number of aliphatic hydroxyl groups is 1. The van der Waals surface area contributed by atoms with Crippen molar-refractivity contribution in [3.8, 4) is 0 Å². The van der Waals surface area contributed by atoms with Gasteiger partial charge in [0.15, 0.2) is 5.79 Å². The summed E-state index contributed by atoms with van der Waals surface area (Å²) in [6.45, 7) is 2.92. The van der Waals surface area contributed by atoms with Crippen LogP contribution in [0.25, 0.3) is 0 Å². The monoisotopic (exact) mass is 554 g/mol. The molecule has 1 heterocycles. The minimum Gasteiger partial charge on any atom is -0.394 e. The fourth-order valence-electron chi connectivity index (χ4n) is 5.10. The Bertz CT molecular complexity index is 1290. The van der Waals surface area contributed by atoms with Crippen LogP contribution in [0.3, 0.4) is 0 Å². The quantitative estimate of drug-likeness (QED) is 0.217. The molecule has 0 bridgehead atoms. The number of rotatable bonds is 13. The highest BCUT2D eigenvalue weighted by molar-refractivity contribution is 5.17. The molecule has 0 aromatic heterocycles. The normalized spacial score (nSPS) is 24.2. The summed E-state index contributed by atoms with van der Waals surface area (Å²) in [5, 5.41) is 10.5. The van der Waals surface area contributed by atoms with Gasteiger partial charge in [-0.05, 0) is 29.2 Å². The van der Waals surface area contributed by atoms with Crippen molar-refractivity contribution >= 4 is 0 Å². The molecule has 1 fully saturated rings. The Hall–Kier alpha value is -3.36. The van der Waals surface area contributed by atoms with Crippen LogP contribution < -0.4 is 0 Å². The Morgan fingerprint density at radius 3 is 1.39 bits per heavy atom. The van der Waals surface area contributed by atoms with Crippen molar-refractivity contribution in [2.45, 2.75) is 63.6 Å². The topological polar surface area (TPSA) is 66.4 Å². The lowest BCUT2D eigenvalue weighted by atomic mass is 9.92. The largest absolute Gasteiger partial charge is 0.394 e. The first-order valence-corrected chi connectivity index (χ1v) is 14.1. The Kier molecular flexibility index (Phi) is 10.3. The Morgan fingerprint density at radius 1 is 0.561 bits per heavy atom. The fourth-order valence-corrected chi connectivity index (χ4v) is 5.10. The van der Waals surface area contributed by atoms with Crippen LogP contribution in [0.5, 0.6) is 0 Å². The van der Waals surface area contributed by atoms with Crippen molar-refractivity contribution in [3.63, 3.8) is 0 Å². The van der Waals surface area contributed by atoms with E-state index in [2.05, 4.69) is 0 Å². The summed E-state index contributed by atoms with van der Waals surface area (Å²) in [4.78, 5) is 0. The Balaban J connectivity index is 1.45. The van der Waals surface area contributed by atoms with Gasteiger partial charge in [-0.25, -0.2) is 0 Å². The van der Waals surface area contributed by atoms with E-state index in [9.17, 15) is 5.11 Å². The van der Waals surface area contributed by atoms with Gasteiger partial charge in [-0.3, -0.25) is 0 Å². The highest BCUT2D eigenvalue weighted by atomic mass is 16.7. The van der Waals surface area contributed by atoms with E-state index >= 15 is 0 Å². The summed E-state index contributed by atoms with van der Waals surface area (Å²) in [7, 11) is 0. The number of hydrogen-bond acceptors (Lipinski definition) is 6. The zero-order valence-electron chi connectivity index (χ0n) is 23.4. The van der Waals surface area contributed by atoms with Gasteiger partial charge in [0.2, 0.25) is 0 Å². The lowest BCUT2D eigenvalue weighted by molar-refractivity contribution is -0.378. The zero-order chi connectivity index (χ0) is 28.3. The number of benzene rings is 4. The van der Waals surface area contributed by atoms with Gasteiger partial charge in [-0.2, -0.15) is 0 Å². The van der Waals surface area contributed by atoms with Crippen LogP contribution in [0.2, 0.25) is 0 Å². The molecule has 1 aliphatic rings. The standard InChI is InChI=1S/C35H38O6/c1-35(40-26-30-20-12-5-13-21-30)34(39-25-29-18-10-4-11-19-29)33(38-24-28-16-8-3-9-17-28)32(31(22-36)41-35)37-23-27-14-6-2-7-15-27/h2-21,31-34,36H,22-26H2,1H3/t31-,32+,33-,34-,35+/m0/s1. The average molecular weight is 555 g/mol. The molecule has 4 aromatic rings. The summed E-state index contributed by atoms with van der Waals surface area (Å²) >= 11 is 0. The second kappa shape index (κ2) is 14.5. The van der Waals surface area contributed by atoms with Gasteiger partial charge in [-0.1, -0.05) is 121 Å². The molecule has 0 unspecified atom stereocenters. The van der Waals surface area contributed by atoms with E-state index < -0.39 is 30.2 Å². The second-order valence-electron chi connectivity index (χ2n) is 10.4. The summed E-state index contributed by atoms with van der Waals surface area (Å²) in [6.07, 6.45) is -2.58. The van der Waals surface area contributed by atoms with E-state index in [4.69, 9.17) is 23.7 Å². The van der Waals surface area contributed by atoms with E-state index in [1.165, 1.54) is 0 Å². The second-order valence-corrected chi connectivity index (χ2v) is 10.4. The third-order valence-corrected chi connectivity index (χ3v) is 7.28. The van der Waals surface area contributed by atoms with Crippen LogP contribution >= 0.6 is 0 Å². The van der Waals surface area contributed by atoms with Gasteiger partial charge in [0, 0.05) is 0 Å². The molecular weight excluding hydrogens is 516 g/mol. The SMILES string of the molecule is C[C@@]1(OCc2ccccc2)O[C@@H](CO)[C@@H](OCc2ccccc2)[C@H](OCc2ccccc2)[C@@H]1OCc1ccccc1. The maximum Gasteiger partial charge on any atom is 0.195 e. The minimum atomic E-state index is -1.23. The first kappa shape index (κ1) is 29.1. The fraction of sp³-hybridized carbons (Fsp3) is 0.314. The summed E-state index contributed by atoms with van der Waals surface area (Å²) < 4.78 is 32.7. The molecule has 1 saturated heterocycles. The number of aliphatic hydroxyl groups excluding tert-OH is 1. The molecule has 5 atom stereocenters. The molecule has 1 aliphatic heterocycles. The average Bonchev–Trinajstić information content (AvgIpc) is 3.03. The van der Waals surface area contributed by atoms with Gasteiger partial charge in [0.05, 0.1) is 33.0 Å². The maximum atomic E-state index is 10.5. The van der Waals surface area contributed by atoms with Crippen LogP contribution in [0.1, 0.15) is 29.2 Å². The van der Waals surface area contributed by atoms with Crippen molar-refractivity contribution in [1.29, 1.82) is 0 Å². The number of hydrogen-bond donors (Lipinski definition) is 1. The van der Waals surface area contributed by atoms with Crippen molar-refractivity contribution < 1.29 is 28.8 Å². The summed E-state index contributed by atoms with van der Waals surface area (Å²) in [6, 6.07) is 39.8. The highest BCUT2D eigenvalue weighted by Gasteiger charge is 2.55. The van der Waals surface area contributed by atoms with E-state index in [0.29, 0.717) is 26.4 Å². The van der Waals surface area contributed by atoms with Crippen LogP contribution in [0.4, 0.5) is 0 Å². The molecule has 4 aromatic carbocycles. The molecule has 6 heteroatoms. The minimum absolute atomic E-state index is 0.264. The molecule has 1 N–H and O–H groups in total. The van der Waals surface area contributed by atoms with Crippen molar-refractivity contribution in [3.05, 3.63) is 144 Å². The summed E-state index contributed by atoms with van der Waals surface area (Å²) in [5.41, 5.74) is 4.06. The van der Waals surface area contributed by atoms with Gasteiger partial charge in [0.1, 0.15) is 24.4 Å². The Morgan fingerprint density at radius 2 is 0.951 bits per heavy atom. The molecule has 0 spiro atoms. The van der Waals surface area contributed by atoms with Gasteiger partial charge in [0.25, 0.3) is 0 Å². The van der Waals surface area contributed by atoms with E-state index in [-0.39, 0.29) is 6.61 Å². The van der Waals surface area contributed by atoms with Crippen LogP contribution in [-0.2, 0) is 50.1 Å². The Labute approximate surface area is 242 Å². The summed E-state index contributed by atoms with van der Waals surface area (Å²) in [5.74, 6) is -1.23. The zero-order valence-corrected chi connectivity index (χ0v) is 23.4. The predicted octanol–water partition coefficient (Wildman–Crippen LogP) is 6.07. The predicted molar refractivity (Wildman–Crippen MR) is 157 cm³/mol.